The van der Waals surface area contributed by atoms with Crippen LogP contribution in [0, 0.1) is 0 Å². The van der Waals surface area contributed by atoms with Crippen molar-refractivity contribution in [3.8, 4) is 0 Å². The second kappa shape index (κ2) is 3.18. The number of rotatable bonds is 1. The Morgan fingerprint density at radius 1 is 1.56 bits per heavy atom. The third-order valence-corrected chi connectivity index (χ3v) is 2.62. The minimum Gasteiger partial charge on any atom is -0.375 e. The van der Waals surface area contributed by atoms with Crippen molar-refractivity contribution in [3.63, 3.8) is 0 Å². The van der Waals surface area contributed by atoms with Crippen LogP contribution in [0.15, 0.2) is 12.7 Å². The van der Waals surface area contributed by atoms with E-state index in [0.717, 1.165) is 0 Å². The van der Waals surface area contributed by atoms with E-state index in [4.69, 9.17) is 4.74 Å². The van der Waals surface area contributed by atoms with Crippen molar-refractivity contribution in [2.24, 2.45) is 0 Å². The summed E-state index contributed by atoms with van der Waals surface area (Å²) in [6.07, 6.45) is 6.06. The van der Waals surface area contributed by atoms with E-state index in [1.165, 1.54) is 29.5 Å². The minimum atomic E-state index is 0.362. The van der Waals surface area contributed by atoms with Crippen LogP contribution in [0.4, 0.5) is 0 Å². The van der Waals surface area contributed by atoms with Gasteiger partial charge in [-0.25, -0.2) is 0 Å². The molecule has 2 unspecified atom stereocenters. The maximum Gasteiger partial charge on any atom is 0.0752 e. The topological polar surface area (TPSA) is 9.23 Å². The molecule has 1 rings (SSSR count). The molecule has 1 aliphatic rings. The standard InChI is InChI=1S/C7H14OSi/c1-2-6-4-3-5-7(9)8-6/h2,6-7H,1,3-5H2,9H3. The van der Waals surface area contributed by atoms with E-state index in [9.17, 15) is 0 Å². The molecule has 0 amide bonds. The first-order chi connectivity index (χ1) is 4.33. The first-order valence-corrected chi connectivity index (χ1v) is 4.76. The van der Waals surface area contributed by atoms with E-state index >= 15 is 0 Å². The second-order valence-corrected chi connectivity index (χ2v) is 3.94. The van der Waals surface area contributed by atoms with E-state index in [1.807, 2.05) is 6.08 Å². The zero-order chi connectivity index (χ0) is 6.69. The Morgan fingerprint density at radius 3 is 2.78 bits per heavy atom. The summed E-state index contributed by atoms with van der Waals surface area (Å²) in [5.74, 6) is 0. The van der Waals surface area contributed by atoms with Crippen LogP contribution in [-0.4, -0.2) is 22.1 Å². The van der Waals surface area contributed by atoms with Gasteiger partial charge in [-0.1, -0.05) is 6.08 Å². The Bertz CT molecular complexity index is 103. The van der Waals surface area contributed by atoms with Crippen LogP contribution in [0.1, 0.15) is 19.3 Å². The van der Waals surface area contributed by atoms with Crippen LogP contribution in [-0.2, 0) is 4.74 Å². The lowest BCUT2D eigenvalue weighted by Crippen LogP contribution is -2.25. The number of hydrogen-bond acceptors (Lipinski definition) is 1. The highest BCUT2D eigenvalue weighted by molar-refractivity contribution is 6.11. The molecule has 1 fully saturated rings. The van der Waals surface area contributed by atoms with Gasteiger partial charge in [0.05, 0.1) is 6.10 Å². The summed E-state index contributed by atoms with van der Waals surface area (Å²) >= 11 is 0. The molecule has 1 heterocycles. The van der Waals surface area contributed by atoms with Crippen molar-refractivity contribution in [2.45, 2.75) is 31.1 Å². The van der Waals surface area contributed by atoms with Crippen LogP contribution in [0.2, 0.25) is 0 Å². The van der Waals surface area contributed by atoms with Gasteiger partial charge in [-0.3, -0.25) is 0 Å². The molecule has 0 aromatic rings. The molecule has 0 bridgehead atoms. The summed E-state index contributed by atoms with van der Waals surface area (Å²) in [5.41, 5.74) is 0.585. The molecule has 0 N–H and O–H groups in total. The molecular formula is C7H14OSi. The Labute approximate surface area is 59.5 Å². The van der Waals surface area contributed by atoms with E-state index in [0.29, 0.717) is 11.8 Å². The Hall–Kier alpha value is -0.0831. The van der Waals surface area contributed by atoms with Crippen LogP contribution >= 0.6 is 0 Å². The first-order valence-electron chi connectivity index (χ1n) is 3.61. The SMILES string of the molecule is C=CC1CCCC([SiH3])O1. The van der Waals surface area contributed by atoms with Gasteiger partial charge in [0.15, 0.2) is 0 Å². The fourth-order valence-electron chi connectivity index (χ4n) is 1.21. The van der Waals surface area contributed by atoms with Gasteiger partial charge in [-0.15, -0.1) is 6.58 Å². The maximum atomic E-state index is 5.58. The van der Waals surface area contributed by atoms with Crippen molar-refractivity contribution in [3.05, 3.63) is 12.7 Å². The number of ether oxygens (including phenoxy) is 1. The molecular weight excluding hydrogens is 128 g/mol. The molecule has 0 radical (unpaired) electrons. The van der Waals surface area contributed by atoms with E-state index in [-0.39, 0.29) is 0 Å². The molecule has 1 saturated heterocycles. The third-order valence-electron chi connectivity index (χ3n) is 1.77. The van der Waals surface area contributed by atoms with Gasteiger partial charge in [-0.2, -0.15) is 0 Å². The summed E-state index contributed by atoms with van der Waals surface area (Å²) in [6, 6.07) is 0. The molecule has 0 aromatic carbocycles. The van der Waals surface area contributed by atoms with E-state index in [1.54, 1.807) is 0 Å². The smallest absolute Gasteiger partial charge is 0.0752 e. The summed E-state index contributed by atoms with van der Waals surface area (Å²) in [5, 5.41) is 0. The zero-order valence-corrected chi connectivity index (χ0v) is 7.97. The van der Waals surface area contributed by atoms with Gasteiger partial charge < -0.3 is 4.74 Å². The van der Waals surface area contributed by atoms with Gasteiger partial charge >= 0.3 is 0 Å². The predicted octanol–water partition coefficient (Wildman–Crippen LogP) is 0.433. The van der Waals surface area contributed by atoms with Gasteiger partial charge in [0, 0.05) is 16.0 Å². The lowest BCUT2D eigenvalue weighted by atomic mass is 10.1. The Morgan fingerprint density at radius 2 is 2.33 bits per heavy atom. The zero-order valence-electron chi connectivity index (χ0n) is 5.97. The van der Waals surface area contributed by atoms with Gasteiger partial charge in [0.25, 0.3) is 0 Å². The Kier molecular flexibility index (Phi) is 2.48. The molecule has 1 nitrogen and oxygen atoms in total. The van der Waals surface area contributed by atoms with Crippen LogP contribution in [0.25, 0.3) is 0 Å². The molecule has 0 saturated carbocycles. The van der Waals surface area contributed by atoms with E-state index in [2.05, 4.69) is 6.58 Å². The number of hydrogen-bond donors (Lipinski definition) is 0. The molecule has 2 heteroatoms. The molecule has 0 spiro atoms. The van der Waals surface area contributed by atoms with Crippen LogP contribution in [0.5, 0.6) is 0 Å². The average Bonchev–Trinajstić information content (AvgIpc) is 1.88. The summed E-state index contributed by atoms with van der Waals surface area (Å²) in [4.78, 5) is 0. The monoisotopic (exact) mass is 142 g/mol. The van der Waals surface area contributed by atoms with Crippen molar-refractivity contribution in [2.75, 3.05) is 0 Å². The summed E-state index contributed by atoms with van der Waals surface area (Å²) in [7, 11) is 1.17. The molecule has 52 valence electrons. The van der Waals surface area contributed by atoms with Crippen molar-refractivity contribution < 1.29 is 4.74 Å². The summed E-state index contributed by atoms with van der Waals surface area (Å²) in [6.45, 7) is 3.71. The highest BCUT2D eigenvalue weighted by Gasteiger charge is 2.15. The summed E-state index contributed by atoms with van der Waals surface area (Å²) < 4.78 is 5.58. The van der Waals surface area contributed by atoms with Crippen LogP contribution in [0.3, 0.4) is 0 Å². The average molecular weight is 142 g/mol. The van der Waals surface area contributed by atoms with Crippen LogP contribution < -0.4 is 0 Å². The quantitative estimate of drug-likeness (QED) is 0.381. The first kappa shape index (κ1) is 7.03. The molecule has 2 atom stereocenters. The Balaban J connectivity index is 2.31. The third kappa shape index (κ3) is 1.95. The fourth-order valence-corrected chi connectivity index (χ4v) is 1.97. The van der Waals surface area contributed by atoms with Crippen molar-refractivity contribution in [1.82, 2.24) is 0 Å². The predicted molar refractivity (Wildman–Crippen MR) is 42.6 cm³/mol. The fraction of sp³-hybridized carbons (Fsp3) is 0.714. The molecule has 0 aliphatic carbocycles. The highest BCUT2D eigenvalue weighted by atomic mass is 28.1. The van der Waals surface area contributed by atoms with Crippen molar-refractivity contribution >= 4 is 10.2 Å². The largest absolute Gasteiger partial charge is 0.375 e. The van der Waals surface area contributed by atoms with Gasteiger partial charge in [-0.05, 0) is 19.3 Å². The molecule has 0 aromatic heterocycles. The lowest BCUT2D eigenvalue weighted by molar-refractivity contribution is 0.0206. The molecule has 1 aliphatic heterocycles. The van der Waals surface area contributed by atoms with Gasteiger partial charge in [0.2, 0.25) is 0 Å². The second-order valence-electron chi connectivity index (χ2n) is 2.65. The molecule has 9 heavy (non-hydrogen) atoms. The normalized spacial score (nSPS) is 36.4. The van der Waals surface area contributed by atoms with E-state index < -0.39 is 0 Å². The maximum absolute atomic E-state index is 5.58. The highest BCUT2D eigenvalue weighted by Crippen LogP contribution is 2.16. The minimum absolute atomic E-state index is 0.362. The lowest BCUT2D eigenvalue weighted by Gasteiger charge is -2.25. The van der Waals surface area contributed by atoms with Crippen molar-refractivity contribution in [1.29, 1.82) is 0 Å². The van der Waals surface area contributed by atoms with Gasteiger partial charge in [0.1, 0.15) is 0 Å².